The summed E-state index contributed by atoms with van der Waals surface area (Å²) in [6.45, 7) is 0. The molecule has 3 nitrogen and oxygen atoms in total. The first-order chi connectivity index (χ1) is 12.1. The van der Waals surface area contributed by atoms with Crippen molar-refractivity contribution in [3.63, 3.8) is 0 Å². The van der Waals surface area contributed by atoms with Crippen LogP contribution in [0.3, 0.4) is 0 Å². The molecule has 5 heteroatoms. The predicted octanol–water partition coefficient (Wildman–Crippen LogP) is 4.39. The molecule has 2 saturated carbocycles. The second-order valence-corrected chi connectivity index (χ2v) is 10.2. The van der Waals surface area contributed by atoms with E-state index in [0.29, 0.717) is 4.90 Å². The molecule has 2 aromatic rings. The summed E-state index contributed by atoms with van der Waals surface area (Å²) in [5.41, 5.74) is 0. The SMILES string of the molecule is COC1(Sc2ccccc2)C2CCCC1C2S(=O)(=O)c1ccccc1. The van der Waals surface area contributed by atoms with E-state index in [2.05, 4.69) is 12.1 Å². The minimum absolute atomic E-state index is 0.0339. The lowest BCUT2D eigenvalue weighted by Gasteiger charge is -2.62. The summed E-state index contributed by atoms with van der Waals surface area (Å²) in [4.78, 5) is 1.15. The van der Waals surface area contributed by atoms with Crippen LogP contribution in [0.25, 0.3) is 0 Å². The molecule has 0 aromatic heterocycles. The monoisotopic (exact) mass is 374 g/mol. The molecule has 25 heavy (non-hydrogen) atoms. The molecule has 4 rings (SSSR count). The van der Waals surface area contributed by atoms with Crippen LogP contribution in [0.4, 0.5) is 0 Å². The molecular weight excluding hydrogens is 352 g/mol. The third-order valence-electron chi connectivity index (χ3n) is 5.63. The Balaban J connectivity index is 1.68. The van der Waals surface area contributed by atoms with E-state index in [1.54, 1.807) is 43.1 Å². The maximum atomic E-state index is 13.2. The number of rotatable bonds is 5. The van der Waals surface area contributed by atoms with Crippen molar-refractivity contribution >= 4 is 21.6 Å². The minimum atomic E-state index is -3.33. The highest BCUT2D eigenvalue weighted by molar-refractivity contribution is 8.01. The second-order valence-electron chi connectivity index (χ2n) is 6.81. The lowest BCUT2D eigenvalue weighted by molar-refractivity contribution is -0.125. The van der Waals surface area contributed by atoms with Gasteiger partial charge >= 0.3 is 0 Å². The van der Waals surface area contributed by atoms with Crippen LogP contribution in [0.2, 0.25) is 0 Å². The van der Waals surface area contributed by atoms with Crippen LogP contribution < -0.4 is 0 Å². The van der Waals surface area contributed by atoms with E-state index in [4.69, 9.17) is 4.74 Å². The van der Waals surface area contributed by atoms with Gasteiger partial charge in [0.05, 0.1) is 10.1 Å². The van der Waals surface area contributed by atoms with Crippen LogP contribution in [0.5, 0.6) is 0 Å². The van der Waals surface area contributed by atoms with Gasteiger partial charge in [0.15, 0.2) is 9.84 Å². The minimum Gasteiger partial charge on any atom is -0.367 e. The Bertz CT molecular complexity index is 822. The second kappa shape index (κ2) is 6.45. The third-order valence-corrected chi connectivity index (χ3v) is 9.53. The van der Waals surface area contributed by atoms with Crippen molar-refractivity contribution in [2.45, 2.75) is 39.2 Å². The van der Waals surface area contributed by atoms with Gasteiger partial charge in [-0.2, -0.15) is 0 Å². The molecule has 2 bridgehead atoms. The topological polar surface area (TPSA) is 43.4 Å². The smallest absolute Gasteiger partial charge is 0.182 e. The molecule has 0 radical (unpaired) electrons. The number of hydrogen-bond donors (Lipinski definition) is 0. The molecule has 0 heterocycles. The van der Waals surface area contributed by atoms with Crippen molar-refractivity contribution in [1.29, 1.82) is 0 Å². The van der Waals surface area contributed by atoms with Gasteiger partial charge in [-0.05, 0) is 37.1 Å². The van der Waals surface area contributed by atoms with E-state index >= 15 is 0 Å². The van der Waals surface area contributed by atoms with Gasteiger partial charge in [0, 0.05) is 23.8 Å². The van der Waals surface area contributed by atoms with Crippen LogP contribution in [-0.4, -0.2) is 25.7 Å². The van der Waals surface area contributed by atoms with E-state index in [9.17, 15) is 8.42 Å². The highest BCUT2D eigenvalue weighted by Gasteiger charge is 2.68. The van der Waals surface area contributed by atoms with Crippen LogP contribution in [0.1, 0.15) is 19.3 Å². The molecule has 2 aliphatic rings. The van der Waals surface area contributed by atoms with Crippen LogP contribution >= 0.6 is 11.8 Å². The van der Waals surface area contributed by atoms with Gasteiger partial charge in [-0.15, -0.1) is 0 Å². The molecule has 0 saturated heterocycles. The highest BCUT2D eigenvalue weighted by atomic mass is 32.2. The first-order valence-corrected chi connectivity index (χ1v) is 11.0. The number of hydrogen-bond acceptors (Lipinski definition) is 4. The van der Waals surface area contributed by atoms with Gasteiger partial charge < -0.3 is 4.74 Å². The van der Waals surface area contributed by atoms with Gasteiger partial charge in [0.1, 0.15) is 4.93 Å². The zero-order valence-corrected chi connectivity index (χ0v) is 15.8. The number of thioether (sulfide) groups is 1. The summed E-state index contributed by atoms with van der Waals surface area (Å²) in [7, 11) is -1.60. The van der Waals surface area contributed by atoms with E-state index in [-0.39, 0.29) is 17.1 Å². The summed E-state index contributed by atoms with van der Waals surface area (Å²) in [6.07, 6.45) is 2.89. The summed E-state index contributed by atoms with van der Waals surface area (Å²) < 4.78 is 32.4. The van der Waals surface area contributed by atoms with Gasteiger partial charge in [-0.25, -0.2) is 8.42 Å². The van der Waals surface area contributed by atoms with Crippen molar-refractivity contribution in [1.82, 2.24) is 0 Å². The fourth-order valence-electron chi connectivity index (χ4n) is 4.55. The van der Waals surface area contributed by atoms with Crippen molar-refractivity contribution < 1.29 is 13.2 Å². The molecular formula is C20H22O3S2. The summed E-state index contributed by atoms with van der Waals surface area (Å²) in [5.74, 6) is 0.0679. The van der Waals surface area contributed by atoms with E-state index < -0.39 is 14.8 Å². The van der Waals surface area contributed by atoms with Crippen LogP contribution in [-0.2, 0) is 14.6 Å². The quantitative estimate of drug-likeness (QED) is 0.728. The summed E-state index contributed by atoms with van der Waals surface area (Å²) >= 11 is 1.70. The standard InChI is InChI=1S/C20H22O3S2/c1-23-20(24-15-9-4-2-5-10-15)17-13-8-14-18(20)19(17)25(21,22)16-11-6-3-7-12-16/h2-7,9-12,17-19H,8,13-14H2,1H3. The molecule has 2 aliphatic carbocycles. The summed E-state index contributed by atoms with van der Waals surface area (Å²) in [5, 5.41) is -0.334. The lowest BCUT2D eigenvalue weighted by atomic mass is 9.61. The van der Waals surface area contributed by atoms with Crippen LogP contribution in [0.15, 0.2) is 70.5 Å². The fraction of sp³-hybridized carbons (Fsp3) is 0.400. The average molecular weight is 375 g/mol. The largest absolute Gasteiger partial charge is 0.367 e. The Morgan fingerprint density at radius 2 is 1.52 bits per heavy atom. The maximum Gasteiger partial charge on any atom is 0.182 e. The highest BCUT2D eigenvalue weighted by Crippen LogP contribution is 2.65. The normalized spacial score (nSPS) is 31.3. The Kier molecular flexibility index (Phi) is 4.42. The van der Waals surface area contributed by atoms with Gasteiger partial charge in [-0.1, -0.05) is 54.6 Å². The predicted molar refractivity (Wildman–Crippen MR) is 100 cm³/mol. The molecule has 132 valence electrons. The molecule has 0 aliphatic heterocycles. The van der Waals surface area contributed by atoms with Crippen molar-refractivity contribution in [2.75, 3.05) is 7.11 Å². The number of ether oxygens (including phenoxy) is 1. The maximum absolute atomic E-state index is 13.2. The van der Waals surface area contributed by atoms with Crippen molar-refractivity contribution in [3.8, 4) is 0 Å². The van der Waals surface area contributed by atoms with E-state index in [1.165, 1.54) is 0 Å². The Labute approximate surface area is 153 Å². The summed E-state index contributed by atoms with van der Waals surface area (Å²) in [6, 6.07) is 19.0. The Morgan fingerprint density at radius 3 is 2.08 bits per heavy atom. The molecule has 0 amide bonds. The number of sulfone groups is 1. The van der Waals surface area contributed by atoms with Crippen LogP contribution in [0, 0.1) is 11.8 Å². The Morgan fingerprint density at radius 1 is 0.960 bits per heavy atom. The first kappa shape index (κ1) is 17.1. The van der Waals surface area contributed by atoms with Gasteiger partial charge in [0.25, 0.3) is 0 Å². The first-order valence-electron chi connectivity index (χ1n) is 8.68. The lowest BCUT2D eigenvalue weighted by Crippen LogP contribution is -2.69. The molecule has 2 fully saturated rings. The number of methoxy groups -OCH3 is 1. The Hall–Kier alpha value is -1.30. The number of benzene rings is 2. The van der Waals surface area contributed by atoms with E-state index in [1.807, 2.05) is 24.3 Å². The van der Waals surface area contributed by atoms with Gasteiger partial charge in [-0.3, -0.25) is 0 Å². The molecule has 0 spiro atoms. The van der Waals surface area contributed by atoms with Crippen molar-refractivity contribution in [3.05, 3.63) is 60.7 Å². The zero-order chi connectivity index (χ0) is 17.5. The zero-order valence-electron chi connectivity index (χ0n) is 14.2. The molecule has 0 N–H and O–H groups in total. The average Bonchev–Trinajstić information content (AvgIpc) is 2.67. The van der Waals surface area contributed by atoms with Gasteiger partial charge in [0.2, 0.25) is 0 Å². The molecule has 2 aromatic carbocycles. The van der Waals surface area contributed by atoms with E-state index in [0.717, 1.165) is 24.2 Å². The third kappa shape index (κ3) is 2.64. The molecule has 2 unspecified atom stereocenters. The van der Waals surface area contributed by atoms with Crippen molar-refractivity contribution in [2.24, 2.45) is 11.8 Å². The molecule has 2 atom stereocenters. The number of fused-ring (bicyclic) bond motifs is 2. The fourth-order valence-corrected chi connectivity index (χ4v) is 8.69.